The van der Waals surface area contributed by atoms with E-state index in [-0.39, 0.29) is 11.8 Å². The van der Waals surface area contributed by atoms with Gasteiger partial charge in [-0.15, -0.1) is 0 Å². The van der Waals surface area contributed by atoms with Crippen molar-refractivity contribution in [3.63, 3.8) is 0 Å². The molecule has 2 aliphatic rings. The van der Waals surface area contributed by atoms with Gasteiger partial charge in [0.1, 0.15) is 5.69 Å². The Hall–Kier alpha value is -4.27. The Morgan fingerprint density at radius 3 is 2.44 bits per heavy atom. The van der Waals surface area contributed by atoms with Crippen LogP contribution in [0.4, 0.5) is 5.69 Å². The predicted octanol–water partition coefficient (Wildman–Crippen LogP) is 3.36. The lowest BCUT2D eigenvalue weighted by molar-refractivity contribution is -0.120. The fraction of sp³-hybridized carbons (Fsp3) is 0.258. The molecule has 0 aliphatic carbocycles. The van der Waals surface area contributed by atoms with E-state index >= 15 is 0 Å². The molecule has 2 amide bonds. The van der Waals surface area contributed by atoms with Crippen LogP contribution in [0.2, 0.25) is 0 Å². The highest BCUT2D eigenvalue weighted by molar-refractivity contribution is 6.20. The summed E-state index contributed by atoms with van der Waals surface area (Å²) in [5, 5.41) is 3.86. The molecule has 39 heavy (non-hydrogen) atoms. The molecular weight excluding hydrogens is 488 g/mol. The second-order valence-corrected chi connectivity index (χ2v) is 10.1. The molecule has 3 heterocycles. The van der Waals surface area contributed by atoms with E-state index in [1.54, 1.807) is 11.0 Å². The molecule has 3 aromatic carbocycles. The minimum absolute atomic E-state index is 0.244. The molecule has 8 heteroatoms. The van der Waals surface area contributed by atoms with Crippen LogP contribution < -0.4 is 10.2 Å². The maximum Gasteiger partial charge on any atom is 0.272 e. The smallest absolute Gasteiger partial charge is 0.272 e. The van der Waals surface area contributed by atoms with Gasteiger partial charge in [-0.05, 0) is 25.2 Å². The zero-order valence-corrected chi connectivity index (χ0v) is 22.0. The first kappa shape index (κ1) is 25.0. The number of para-hydroxylation sites is 2. The van der Waals surface area contributed by atoms with Gasteiger partial charge in [0.25, 0.3) is 11.8 Å². The molecule has 0 saturated carbocycles. The lowest BCUT2D eigenvalue weighted by Crippen LogP contribution is -2.51. The first-order valence-electron chi connectivity index (χ1n) is 13.4. The largest absolute Gasteiger partial charge is 0.351 e. The van der Waals surface area contributed by atoms with Gasteiger partial charge in [0.15, 0.2) is 0 Å². The molecule has 4 aromatic rings. The summed E-state index contributed by atoms with van der Waals surface area (Å²) in [7, 11) is 2.13. The number of hydrogen-bond acceptors (Lipinski definition) is 5. The van der Waals surface area contributed by atoms with E-state index in [1.807, 2.05) is 78.9 Å². The number of rotatable bonds is 6. The summed E-state index contributed by atoms with van der Waals surface area (Å²) in [5.74, 6) is -0.613. The molecule has 2 N–H and O–H groups in total. The summed E-state index contributed by atoms with van der Waals surface area (Å²) in [4.78, 5) is 42.1. The third-order valence-electron chi connectivity index (χ3n) is 7.53. The van der Waals surface area contributed by atoms with Crippen molar-refractivity contribution in [1.29, 1.82) is 0 Å². The van der Waals surface area contributed by atoms with Gasteiger partial charge in [-0.1, -0.05) is 66.7 Å². The van der Waals surface area contributed by atoms with Crippen LogP contribution in [0.5, 0.6) is 0 Å². The van der Waals surface area contributed by atoms with Crippen molar-refractivity contribution in [2.24, 2.45) is 4.99 Å². The van der Waals surface area contributed by atoms with Crippen molar-refractivity contribution >= 4 is 34.1 Å². The lowest BCUT2D eigenvalue weighted by atomic mass is 10.0. The van der Waals surface area contributed by atoms with Crippen LogP contribution in [0.25, 0.3) is 10.9 Å². The summed E-state index contributed by atoms with van der Waals surface area (Å²) >= 11 is 0. The van der Waals surface area contributed by atoms with Crippen molar-refractivity contribution in [1.82, 2.24) is 20.1 Å². The van der Waals surface area contributed by atoms with Gasteiger partial charge in [-0.2, -0.15) is 0 Å². The number of aromatic nitrogens is 1. The number of carbonyl (C=O) groups is 2. The quantitative estimate of drug-likeness (QED) is 0.409. The first-order valence-corrected chi connectivity index (χ1v) is 13.4. The monoisotopic (exact) mass is 520 g/mol. The molecule has 0 bridgehead atoms. The minimum Gasteiger partial charge on any atom is -0.351 e. The Morgan fingerprint density at radius 2 is 1.64 bits per heavy atom. The number of piperazine rings is 1. The van der Waals surface area contributed by atoms with Gasteiger partial charge in [-0.25, -0.2) is 4.99 Å². The number of fused-ring (bicyclic) bond motifs is 2. The van der Waals surface area contributed by atoms with Gasteiger partial charge in [-0.3, -0.25) is 14.5 Å². The van der Waals surface area contributed by atoms with Crippen molar-refractivity contribution in [2.45, 2.75) is 6.17 Å². The average Bonchev–Trinajstić information content (AvgIpc) is 3.37. The van der Waals surface area contributed by atoms with E-state index in [0.29, 0.717) is 18.0 Å². The van der Waals surface area contributed by atoms with Crippen LogP contribution in [0.3, 0.4) is 0 Å². The van der Waals surface area contributed by atoms with E-state index in [9.17, 15) is 9.59 Å². The maximum absolute atomic E-state index is 14.1. The zero-order valence-electron chi connectivity index (χ0n) is 22.0. The van der Waals surface area contributed by atoms with Gasteiger partial charge < -0.3 is 20.1 Å². The highest BCUT2D eigenvalue weighted by atomic mass is 16.2. The Morgan fingerprint density at radius 1 is 0.923 bits per heavy atom. The van der Waals surface area contributed by atoms with Crippen molar-refractivity contribution in [2.75, 3.05) is 51.2 Å². The fourth-order valence-electron chi connectivity index (χ4n) is 5.29. The number of hydrogen-bond donors (Lipinski definition) is 2. The van der Waals surface area contributed by atoms with Gasteiger partial charge in [0.2, 0.25) is 6.17 Å². The molecule has 1 fully saturated rings. The Labute approximate surface area is 227 Å². The number of aliphatic imine (C=N–C) groups is 1. The van der Waals surface area contributed by atoms with Crippen LogP contribution >= 0.6 is 0 Å². The molecule has 6 rings (SSSR count). The summed E-state index contributed by atoms with van der Waals surface area (Å²) in [5.41, 5.74) is 4.52. The number of anilines is 1. The van der Waals surface area contributed by atoms with E-state index in [2.05, 4.69) is 27.1 Å². The summed E-state index contributed by atoms with van der Waals surface area (Å²) < 4.78 is 0. The molecule has 0 spiro atoms. The lowest BCUT2D eigenvalue weighted by Gasteiger charge is -2.34. The Balaban J connectivity index is 1.35. The molecular formula is C31H32N6O2. The topological polar surface area (TPSA) is 84.0 Å². The number of amides is 2. The van der Waals surface area contributed by atoms with Gasteiger partial charge in [0.05, 0.1) is 11.4 Å². The fourth-order valence-corrected chi connectivity index (χ4v) is 5.29. The molecule has 8 nitrogen and oxygen atoms in total. The van der Waals surface area contributed by atoms with Crippen molar-refractivity contribution < 1.29 is 9.59 Å². The highest BCUT2D eigenvalue weighted by Gasteiger charge is 2.33. The van der Waals surface area contributed by atoms with Crippen molar-refractivity contribution in [3.8, 4) is 0 Å². The zero-order chi connectivity index (χ0) is 26.8. The summed E-state index contributed by atoms with van der Waals surface area (Å²) in [6.45, 7) is 5.20. The van der Waals surface area contributed by atoms with Crippen LogP contribution in [0.15, 0.2) is 89.9 Å². The SMILES string of the molecule is CN1CCN(CCN2C(=O)[C@@H](NC(=O)c3cc4ccccc4[nH]3)N=C(c3ccccc3)c3ccccc32)CC1. The molecule has 198 valence electrons. The number of likely N-dealkylation sites (N-methyl/N-ethyl adjacent to an activating group) is 1. The van der Waals surface area contributed by atoms with Crippen molar-refractivity contribution in [3.05, 3.63) is 102 Å². The molecule has 2 aliphatic heterocycles. The number of benzodiazepines with no additional fused rings is 1. The van der Waals surface area contributed by atoms with Crippen LogP contribution in [-0.2, 0) is 4.79 Å². The van der Waals surface area contributed by atoms with Gasteiger partial charge in [0, 0.05) is 61.3 Å². The Bertz CT molecular complexity index is 1490. The van der Waals surface area contributed by atoms with E-state index in [0.717, 1.165) is 60.4 Å². The number of nitrogens with zero attached hydrogens (tertiary/aromatic N) is 4. The second-order valence-electron chi connectivity index (χ2n) is 10.1. The third-order valence-corrected chi connectivity index (χ3v) is 7.53. The molecule has 0 unspecified atom stereocenters. The standard InChI is InChI=1S/C31H32N6O2/c1-35-15-17-36(18-16-35)19-20-37-27-14-8-6-12-24(27)28(22-9-3-2-4-10-22)33-29(31(37)39)34-30(38)26-21-23-11-5-7-13-25(23)32-26/h2-14,21,29,32H,15-20H2,1H3,(H,34,38)/t29-/m1/s1. The van der Waals surface area contributed by atoms with E-state index in [1.165, 1.54) is 0 Å². The molecule has 1 saturated heterocycles. The third kappa shape index (κ3) is 5.21. The maximum atomic E-state index is 14.1. The number of H-pyrrole nitrogens is 1. The predicted molar refractivity (Wildman–Crippen MR) is 154 cm³/mol. The second kappa shape index (κ2) is 10.8. The minimum atomic E-state index is -1.07. The normalized spacial score (nSPS) is 18.5. The molecule has 1 atom stereocenters. The highest BCUT2D eigenvalue weighted by Crippen LogP contribution is 2.28. The summed E-state index contributed by atoms with van der Waals surface area (Å²) in [6, 6.07) is 27.2. The number of aromatic amines is 1. The van der Waals surface area contributed by atoms with Crippen LogP contribution in [0, 0.1) is 0 Å². The van der Waals surface area contributed by atoms with Gasteiger partial charge >= 0.3 is 0 Å². The summed E-state index contributed by atoms with van der Waals surface area (Å²) in [6.07, 6.45) is -1.07. The molecule has 1 aromatic heterocycles. The number of nitrogens with one attached hydrogen (secondary N) is 2. The number of benzene rings is 3. The van der Waals surface area contributed by atoms with Crippen LogP contribution in [-0.4, -0.2) is 84.8 Å². The van der Waals surface area contributed by atoms with E-state index in [4.69, 9.17) is 4.99 Å². The van der Waals surface area contributed by atoms with E-state index < -0.39 is 6.17 Å². The molecule has 0 radical (unpaired) electrons. The van der Waals surface area contributed by atoms with Crippen LogP contribution in [0.1, 0.15) is 21.6 Å². The Kier molecular flexibility index (Phi) is 6.96. The first-order chi connectivity index (χ1) is 19.1. The average molecular weight is 521 g/mol. The number of carbonyl (C=O) groups excluding carboxylic acids is 2.